The quantitative estimate of drug-likeness (QED) is 0.754. The zero-order valence-corrected chi connectivity index (χ0v) is 11.4. The largest absolute Gasteiger partial charge is 0.396 e. The lowest BCUT2D eigenvalue weighted by atomic mass is 10.0. The Kier molecular flexibility index (Phi) is 4.93. The maximum absolute atomic E-state index is 12.1. The Morgan fingerprint density at radius 1 is 1.47 bits per heavy atom. The summed E-state index contributed by atoms with van der Waals surface area (Å²) in [5.74, 6) is 0.421. The molecule has 0 fully saturated rings. The molecule has 0 aromatic heterocycles. The van der Waals surface area contributed by atoms with Crippen LogP contribution in [-0.4, -0.2) is 30.2 Å². The highest BCUT2D eigenvalue weighted by Crippen LogP contribution is 2.21. The van der Waals surface area contributed by atoms with Gasteiger partial charge >= 0.3 is 0 Å². The second kappa shape index (κ2) is 6.68. The number of hydrogen-bond donors (Lipinski definition) is 3. The van der Waals surface area contributed by atoms with E-state index in [1.807, 2.05) is 18.2 Å². The third-order valence-corrected chi connectivity index (χ3v) is 3.63. The molecule has 0 spiro atoms. The first-order chi connectivity index (χ1) is 9.20. The van der Waals surface area contributed by atoms with Crippen LogP contribution in [-0.2, 0) is 11.2 Å². The van der Waals surface area contributed by atoms with Gasteiger partial charge in [0, 0.05) is 12.3 Å². The molecular weight excluding hydrogens is 240 g/mol. The molecular formula is C15H22N2O2. The Morgan fingerprint density at radius 3 is 3.05 bits per heavy atom. The summed E-state index contributed by atoms with van der Waals surface area (Å²) < 4.78 is 0. The van der Waals surface area contributed by atoms with Gasteiger partial charge in [0.05, 0.1) is 6.04 Å². The van der Waals surface area contributed by atoms with Gasteiger partial charge in [-0.1, -0.05) is 25.1 Å². The molecule has 2 unspecified atom stereocenters. The minimum atomic E-state index is -0.145. The predicted molar refractivity (Wildman–Crippen MR) is 76.1 cm³/mol. The van der Waals surface area contributed by atoms with Crippen molar-refractivity contribution in [1.29, 1.82) is 0 Å². The van der Waals surface area contributed by atoms with Crippen LogP contribution in [0.3, 0.4) is 0 Å². The van der Waals surface area contributed by atoms with E-state index in [1.165, 1.54) is 5.56 Å². The SMILES string of the molecule is CC(CCO)CNC1CCc2ccccc2NC1=O. The highest BCUT2D eigenvalue weighted by Gasteiger charge is 2.23. The molecule has 4 nitrogen and oxygen atoms in total. The van der Waals surface area contributed by atoms with Crippen molar-refractivity contribution in [2.45, 2.75) is 32.2 Å². The zero-order chi connectivity index (χ0) is 13.7. The molecule has 0 aliphatic carbocycles. The van der Waals surface area contributed by atoms with E-state index < -0.39 is 0 Å². The van der Waals surface area contributed by atoms with E-state index in [2.05, 4.69) is 23.6 Å². The van der Waals surface area contributed by atoms with E-state index in [9.17, 15) is 4.79 Å². The van der Waals surface area contributed by atoms with Gasteiger partial charge in [0.2, 0.25) is 5.91 Å². The number of hydrogen-bond acceptors (Lipinski definition) is 3. The number of amides is 1. The van der Waals surface area contributed by atoms with Crippen LogP contribution in [0.5, 0.6) is 0 Å². The Hall–Kier alpha value is -1.39. The molecule has 1 heterocycles. The summed E-state index contributed by atoms with van der Waals surface area (Å²) in [6.45, 7) is 3.03. The third-order valence-electron chi connectivity index (χ3n) is 3.63. The first-order valence-corrected chi connectivity index (χ1v) is 6.93. The number of carbonyl (C=O) groups is 1. The normalized spacial score (nSPS) is 20.3. The highest BCUT2D eigenvalue weighted by molar-refractivity contribution is 5.96. The molecule has 0 bridgehead atoms. The van der Waals surface area contributed by atoms with Crippen molar-refractivity contribution in [1.82, 2.24) is 5.32 Å². The van der Waals surface area contributed by atoms with Crippen LogP contribution in [0.1, 0.15) is 25.3 Å². The Morgan fingerprint density at radius 2 is 2.26 bits per heavy atom. The number of aryl methyl sites for hydroxylation is 1. The first-order valence-electron chi connectivity index (χ1n) is 6.93. The molecule has 0 saturated carbocycles. The van der Waals surface area contributed by atoms with Gasteiger partial charge in [-0.05, 0) is 43.4 Å². The molecule has 1 amide bonds. The van der Waals surface area contributed by atoms with Crippen LogP contribution in [0.15, 0.2) is 24.3 Å². The molecule has 1 aromatic carbocycles. The van der Waals surface area contributed by atoms with Crippen molar-refractivity contribution >= 4 is 11.6 Å². The summed E-state index contributed by atoms with van der Waals surface area (Å²) in [5.41, 5.74) is 2.13. The van der Waals surface area contributed by atoms with Crippen molar-refractivity contribution in [3.05, 3.63) is 29.8 Å². The zero-order valence-electron chi connectivity index (χ0n) is 11.4. The summed E-state index contributed by atoms with van der Waals surface area (Å²) in [6, 6.07) is 7.81. The average Bonchev–Trinajstić information content (AvgIpc) is 2.55. The predicted octanol–water partition coefficient (Wildman–Crippen LogP) is 1.55. The maximum Gasteiger partial charge on any atom is 0.241 e. The van der Waals surface area contributed by atoms with Crippen molar-refractivity contribution in [3.8, 4) is 0 Å². The number of para-hydroxylation sites is 1. The van der Waals surface area contributed by atoms with Gasteiger partial charge in [-0.25, -0.2) is 0 Å². The summed E-state index contributed by atoms with van der Waals surface area (Å²) in [4.78, 5) is 12.1. The van der Waals surface area contributed by atoms with Gasteiger partial charge in [-0.3, -0.25) is 4.79 Å². The van der Waals surface area contributed by atoms with Crippen molar-refractivity contribution in [3.63, 3.8) is 0 Å². The van der Waals surface area contributed by atoms with Gasteiger partial charge in [0.15, 0.2) is 0 Å². The third kappa shape index (κ3) is 3.78. The lowest BCUT2D eigenvalue weighted by Gasteiger charge is -2.18. The van der Waals surface area contributed by atoms with Crippen LogP contribution in [0.2, 0.25) is 0 Å². The summed E-state index contributed by atoms with van der Waals surface area (Å²) in [5, 5.41) is 15.2. The number of fused-ring (bicyclic) bond motifs is 1. The molecule has 1 aliphatic heterocycles. The number of aliphatic hydroxyl groups is 1. The molecule has 2 atom stereocenters. The molecule has 2 rings (SSSR count). The minimum absolute atomic E-state index is 0.0427. The second-order valence-corrected chi connectivity index (χ2v) is 5.26. The van der Waals surface area contributed by atoms with Gasteiger partial charge in [-0.15, -0.1) is 0 Å². The fourth-order valence-corrected chi connectivity index (χ4v) is 2.37. The molecule has 19 heavy (non-hydrogen) atoms. The lowest BCUT2D eigenvalue weighted by molar-refractivity contribution is -0.118. The van der Waals surface area contributed by atoms with Gasteiger partial charge in [0.1, 0.15) is 0 Å². The summed E-state index contributed by atoms with van der Waals surface area (Å²) >= 11 is 0. The van der Waals surface area contributed by atoms with Gasteiger partial charge < -0.3 is 15.7 Å². The molecule has 1 aliphatic rings. The fourth-order valence-electron chi connectivity index (χ4n) is 2.37. The molecule has 3 N–H and O–H groups in total. The van der Waals surface area contributed by atoms with E-state index in [0.29, 0.717) is 5.92 Å². The minimum Gasteiger partial charge on any atom is -0.396 e. The molecule has 1 aromatic rings. The second-order valence-electron chi connectivity index (χ2n) is 5.26. The number of carbonyl (C=O) groups excluding carboxylic acids is 1. The molecule has 0 radical (unpaired) electrons. The monoisotopic (exact) mass is 262 g/mol. The van der Waals surface area contributed by atoms with Crippen molar-refractivity contribution in [2.24, 2.45) is 5.92 Å². The summed E-state index contributed by atoms with van der Waals surface area (Å²) in [6.07, 6.45) is 2.48. The average molecular weight is 262 g/mol. The number of anilines is 1. The molecule has 4 heteroatoms. The number of benzene rings is 1. The summed E-state index contributed by atoms with van der Waals surface area (Å²) in [7, 11) is 0. The van der Waals surface area contributed by atoms with Crippen LogP contribution in [0.25, 0.3) is 0 Å². The Balaban J connectivity index is 1.93. The van der Waals surface area contributed by atoms with Gasteiger partial charge in [0.25, 0.3) is 0 Å². The maximum atomic E-state index is 12.1. The Bertz CT molecular complexity index is 434. The number of aliphatic hydroxyl groups excluding tert-OH is 1. The van der Waals surface area contributed by atoms with Crippen LogP contribution >= 0.6 is 0 Å². The van der Waals surface area contributed by atoms with E-state index in [0.717, 1.165) is 31.5 Å². The molecule has 0 saturated heterocycles. The molecule has 104 valence electrons. The lowest BCUT2D eigenvalue weighted by Crippen LogP contribution is -2.41. The highest BCUT2D eigenvalue weighted by atomic mass is 16.3. The number of nitrogens with one attached hydrogen (secondary N) is 2. The number of rotatable bonds is 5. The van der Waals surface area contributed by atoms with E-state index >= 15 is 0 Å². The Labute approximate surface area is 114 Å². The smallest absolute Gasteiger partial charge is 0.241 e. The van der Waals surface area contributed by atoms with E-state index in [4.69, 9.17) is 5.11 Å². The fraction of sp³-hybridized carbons (Fsp3) is 0.533. The van der Waals surface area contributed by atoms with E-state index in [-0.39, 0.29) is 18.6 Å². The van der Waals surface area contributed by atoms with Crippen LogP contribution < -0.4 is 10.6 Å². The van der Waals surface area contributed by atoms with Crippen molar-refractivity contribution in [2.75, 3.05) is 18.5 Å². The standard InChI is InChI=1S/C15H22N2O2/c1-11(8-9-18)10-16-14-7-6-12-4-2-3-5-13(12)17-15(14)19/h2-5,11,14,16,18H,6-10H2,1H3,(H,17,19). The van der Waals surface area contributed by atoms with Crippen molar-refractivity contribution < 1.29 is 9.90 Å². The van der Waals surface area contributed by atoms with Gasteiger partial charge in [-0.2, -0.15) is 0 Å². The van der Waals surface area contributed by atoms with Crippen LogP contribution in [0, 0.1) is 5.92 Å². The first kappa shape index (κ1) is 14.0. The van der Waals surface area contributed by atoms with Crippen LogP contribution in [0.4, 0.5) is 5.69 Å². The van der Waals surface area contributed by atoms with E-state index in [1.54, 1.807) is 0 Å². The topological polar surface area (TPSA) is 61.4 Å².